The van der Waals surface area contributed by atoms with Crippen LogP contribution in [0.25, 0.3) is 0 Å². The minimum absolute atomic E-state index is 0.533. The fraction of sp³-hybridized carbons (Fsp3) is 0.571. The molecule has 4 nitrogen and oxygen atoms in total. The van der Waals surface area contributed by atoms with Crippen molar-refractivity contribution < 1.29 is 18.9 Å². The molecule has 5 heteroatoms. The molecule has 1 rings (SSSR count). The van der Waals surface area contributed by atoms with E-state index in [0.29, 0.717) is 12.3 Å². The Morgan fingerprint density at radius 3 is 2.21 bits per heavy atom. The van der Waals surface area contributed by atoms with Crippen LogP contribution in [-0.4, -0.2) is 9.79 Å². The molecule has 0 bridgehead atoms. The number of phosphoric acid groups is 1. The molecule has 1 unspecified atom stereocenters. The Bertz CT molecular complexity index is 399. The topological polar surface area (TPSA) is 66.8 Å². The SMILES string of the molecule is CC(C)CCCCC(OP(=O)(O)O)c1ccccc1. The Kier molecular flexibility index (Phi) is 6.73. The lowest BCUT2D eigenvalue weighted by Gasteiger charge is -2.18. The van der Waals surface area contributed by atoms with E-state index in [1.807, 2.05) is 30.3 Å². The Morgan fingerprint density at radius 1 is 1.11 bits per heavy atom. The molecule has 0 aliphatic heterocycles. The van der Waals surface area contributed by atoms with Crippen LogP contribution in [0.3, 0.4) is 0 Å². The van der Waals surface area contributed by atoms with Crippen LogP contribution in [0.2, 0.25) is 0 Å². The molecule has 0 amide bonds. The van der Waals surface area contributed by atoms with E-state index in [-0.39, 0.29) is 0 Å². The molecule has 0 aliphatic carbocycles. The number of hydrogen-bond acceptors (Lipinski definition) is 2. The zero-order chi connectivity index (χ0) is 14.3. The van der Waals surface area contributed by atoms with E-state index in [4.69, 9.17) is 14.3 Å². The predicted octanol–water partition coefficient (Wildman–Crippen LogP) is 4.05. The maximum absolute atomic E-state index is 11.0. The first-order chi connectivity index (χ1) is 8.88. The van der Waals surface area contributed by atoms with Gasteiger partial charge in [-0.3, -0.25) is 4.52 Å². The van der Waals surface area contributed by atoms with Gasteiger partial charge >= 0.3 is 7.82 Å². The Hall–Kier alpha value is -0.670. The first-order valence-corrected chi connectivity index (χ1v) is 8.20. The number of benzene rings is 1. The van der Waals surface area contributed by atoms with Crippen molar-refractivity contribution in [2.45, 2.75) is 45.6 Å². The van der Waals surface area contributed by atoms with Crippen molar-refractivity contribution >= 4 is 7.82 Å². The van der Waals surface area contributed by atoms with Gasteiger partial charge in [-0.25, -0.2) is 4.57 Å². The van der Waals surface area contributed by atoms with Crippen molar-refractivity contribution in [2.24, 2.45) is 5.92 Å². The predicted molar refractivity (Wildman–Crippen MR) is 75.6 cm³/mol. The van der Waals surface area contributed by atoms with Gasteiger partial charge in [0.2, 0.25) is 0 Å². The third-order valence-corrected chi connectivity index (χ3v) is 3.46. The molecule has 0 aromatic heterocycles. The molecule has 2 N–H and O–H groups in total. The summed E-state index contributed by atoms with van der Waals surface area (Å²) in [7, 11) is -4.46. The maximum Gasteiger partial charge on any atom is 0.470 e. The van der Waals surface area contributed by atoms with Crippen molar-refractivity contribution in [3.63, 3.8) is 0 Å². The number of hydrogen-bond donors (Lipinski definition) is 2. The van der Waals surface area contributed by atoms with E-state index >= 15 is 0 Å². The van der Waals surface area contributed by atoms with Crippen molar-refractivity contribution in [2.75, 3.05) is 0 Å². The minimum atomic E-state index is -4.46. The van der Waals surface area contributed by atoms with E-state index < -0.39 is 13.9 Å². The minimum Gasteiger partial charge on any atom is -0.303 e. The molecule has 0 radical (unpaired) electrons. The van der Waals surface area contributed by atoms with Crippen molar-refractivity contribution in [1.29, 1.82) is 0 Å². The van der Waals surface area contributed by atoms with E-state index in [9.17, 15) is 4.57 Å². The number of phosphoric ester groups is 1. The summed E-state index contributed by atoms with van der Waals surface area (Å²) >= 11 is 0. The normalized spacial score (nSPS) is 13.7. The van der Waals surface area contributed by atoms with E-state index in [0.717, 1.165) is 24.8 Å². The monoisotopic (exact) mass is 286 g/mol. The van der Waals surface area contributed by atoms with Crippen molar-refractivity contribution in [3.8, 4) is 0 Å². The molecule has 108 valence electrons. The van der Waals surface area contributed by atoms with Crippen molar-refractivity contribution in [1.82, 2.24) is 0 Å². The lowest BCUT2D eigenvalue weighted by Crippen LogP contribution is -2.03. The Labute approximate surface area is 115 Å². The molecule has 0 fully saturated rings. The molecule has 0 aliphatic rings. The van der Waals surface area contributed by atoms with Gasteiger partial charge in [0.1, 0.15) is 0 Å². The summed E-state index contributed by atoms with van der Waals surface area (Å²) in [6, 6.07) is 9.24. The highest BCUT2D eigenvalue weighted by atomic mass is 31.2. The first-order valence-electron chi connectivity index (χ1n) is 6.67. The maximum atomic E-state index is 11.0. The summed E-state index contributed by atoms with van der Waals surface area (Å²) < 4.78 is 15.9. The summed E-state index contributed by atoms with van der Waals surface area (Å²) in [6.07, 6.45) is 3.16. The average Bonchev–Trinajstić information content (AvgIpc) is 2.32. The van der Waals surface area contributed by atoms with E-state index in [1.54, 1.807) is 0 Å². The molecule has 1 atom stereocenters. The smallest absolute Gasteiger partial charge is 0.303 e. The third-order valence-electron chi connectivity index (χ3n) is 2.93. The second-order valence-corrected chi connectivity index (χ2v) is 6.37. The van der Waals surface area contributed by atoms with Gasteiger partial charge in [-0.15, -0.1) is 0 Å². The molecule has 1 aromatic carbocycles. The molecule has 19 heavy (non-hydrogen) atoms. The Balaban J connectivity index is 2.58. The average molecular weight is 286 g/mol. The third kappa shape index (κ3) is 7.48. The van der Waals surface area contributed by atoms with Crippen LogP contribution >= 0.6 is 7.82 Å². The van der Waals surface area contributed by atoms with Crippen LogP contribution in [0.15, 0.2) is 30.3 Å². The van der Waals surface area contributed by atoms with Gasteiger partial charge < -0.3 is 9.79 Å². The van der Waals surface area contributed by atoms with Gasteiger partial charge in [0, 0.05) is 0 Å². The van der Waals surface area contributed by atoms with Crippen LogP contribution in [0.5, 0.6) is 0 Å². The van der Waals surface area contributed by atoms with Gasteiger partial charge in [0.15, 0.2) is 0 Å². The highest BCUT2D eigenvalue weighted by Gasteiger charge is 2.23. The molecule has 0 heterocycles. The molecule has 0 saturated heterocycles. The fourth-order valence-corrected chi connectivity index (χ4v) is 2.55. The largest absolute Gasteiger partial charge is 0.470 e. The van der Waals surface area contributed by atoms with Gasteiger partial charge in [0.05, 0.1) is 6.10 Å². The second-order valence-electron chi connectivity index (χ2n) is 5.17. The van der Waals surface area contributed by atoms with E-state index in [1.165, 1.54) is 0 Å². The zero-order valence-electron chi connectivity index (χ0n) is 11.5. The molecule has 0 saturated carbocycles. The van der Waals surface area contributed by atoms with Gasteiger partial charge in [-0.05, 0) is 17.9 Å². The van der Waals surface area contributed by atoms with Crippen LogP contribution in [0, 0.1) is 5.92 Å². The highest BCUT2D eigenvalue weighted by molar-refractivity contribution is 7.46. The number of unbranched alkanes of at least 4 members (excludes halogenated alkanes) is 1. The quantitative estimate of drug-likeness (QED) is 0.559. The summed E-state index contributed by atoms with van der Waals surface area (Å²) in [4.78, 5) is 18.0. The standard InChI is InChI=1S/C14H23O4P/c1-12(2)8-6-7-11-14(18-19(15,16)17)13-9-4-3-5-10-13/h3-5,9-10,12,14H,6-8,11H2,1-2H3,(H2,15,16,17). The van der Waals surface area contributed by atoms with Crippen LogP contribution in [0.4, 0.5) is 0 Å². The summed E-state index contributed by atoms with van der Waals surface area (Å²) in [6.45, 7) is 4.33. The van der Waals surface area contributed by atoms with Crippen LogP contribution < -0.4 is 0 Å². The van der Waals surface area contributed by atoms with Crippen molar-refractivity contribution in [3.05, 3.63) is 35.9 Å². The molecular formula is C14H23O4P. The van der Waals surface area contributed by atoms with E-state index in [2.05, 4.69) is 13.8 Å². The summed E-state index contributed by atoms with van der Waals surface area (Å²) in [5.41, 5.74) is 0.815. The van der Waals surface area contributed by atoms with Crippen LogP contribution in [0.1, 0.15) is 51.2 Å². The molecular weight excluding hydrogens is 263 g/mol. The summed E-state index contributed by atoms with van der Waals surface area (Å²) in [5.74, 6) is 0.651. The number of rotatable bonds is 8. The highest BCUT2D eigenvalue weighted by Crippen LogP contribution is 2.44. The van der Waals surface area contributed by atoms with Crippen LogP contribution in [-0.2, 0) is 9.09 Å². The molecule has 1 aromatic rings. The lowest BCUT2D eigenvalue weighted by molar-refractivity contribution is 0.124. The Morgan fingerprint density at radius 2 is 1.68 bits per heavy atom. The molecule has 0 spiro atoms. The first kappa shape index (κ1) is 16.4. The zero-order valence-corrected chi connectivity index (χ0v) is 12.4. The van der Waals surface area contributed by atoms with Gasteiger partial charge in [-0.2, -0.15) is 0 Å². The fourth-order valence-electron chi connectivity index (χ4n) is 2.00. The lowest BCUT2D eigenvalue weighted by atomic mass is 10.0. The van der Waals surface area contributed by atoms with Gasteiger partial charge in [-0.1, -0.05) is 63.4 Å². The summed E-state index contributed by atoms with van der Waals surface area (Å²) in [5, 5.41) is 0. The van der Waals surface area contributed by atoms with Gasteiger partial charge in [0.25, 0.3) is 0 Å². The second kappa shape index (κ2) is 7.81.